The third-order valence-corrected chi connectivity index (χ3v) is 2.90. The number of aromatic nitrogens is 2. The van der Waals surface area contributed by atoms with E-state index in [1.165, 1.54) is 18.5 Å². The van der Waals surface area contributed by atoms with Crippen LogP contribution in [0.5, 0.6) is 0 Å². The maximum absolute atomic E-state index is 13.2. The molecular formula is C13H15FN4. The molecule has 0 aliphatic rings. The molecular weight excluding hydrogens is 231 g/mol. The van der Waals surface area contributed by atoms with Gasteiger partial charge in [-0.1, -0.05) is 6.07 Å². The highest BCUT2D eigenvalue weighted by Gasteiger charge is 2.13. The van der Waals surface area contributed by atoms with Gasteiger partial charge in [0.1, 0.15) is 12.1 Å². The van der Waals surface area contributed by atoms with E-state index < -0.39 is 0 Å². The summed E-state index contributed by atoms with van der Waals surface area (Å²) in [6.07, 6.45) is 3.71. The normalized spacial score (nSPS) is 12.4. The first-order chi connectivity index (χ1) is 8.70. The molecule has 1 unspecified atom stereocenters. The molecule has 0 amide bonds. The molecule has 0 fully saturated rings. The fourth-order valence-electron chi connectivity index (χ4n) is 1.84. The molecule has 0 saturated carbocycles. The molecule has 0 radical (unpaired) electrons. The Balaban J connectivity index is 2.23. The molecule has 5 heteroatoms. The largest absolute Gasteiger partial charge is 0.271 e. The van der Waals surface area contributed by atoms with Gasteiger partial charge in [0.05, 0.1) is 11.7 Å². The zero-order valence-electron chi connectivity index (χ0n) is 10.1. The zero-order valence-corrected chi connectivity index (χ0v) is 10.1. The first kappa shape index (κ1) is 12.6. The summed E-state index contributed by atoms with van der Waals surface area (Å²) < 4.78 is 13.2. The van der Waals surface area contributed by atoms with Crippen LogP contribution in [0.1, 0.15) is 22.9 Å². The van der Waals surface area contributed by atoms with Crippen LogP contribution in [0.4, 0.5) is 4.39 Å². The third-order valence-electron chi connectivity index (χ3n) is 2.90. The second-order valence-corrected chi connectivity index (χ2v) is 4.13. The highest BCUT2D eigenvalue weighted by molar-refractivity contribution is 5.28. The third kappa shape index (κ3) is 2.88. The highest BCUT2D eigenvalue weighted by Crippen LogP contribution is 2.18. The number of hydrazine groups is 1. The number of hydrogen-bond donors (Lipinski definition) is 2. The number of aryl methyl sites for hydroxylation is 1. The molecule has 0 aliphatic heterocycles. The molecule has 4 nitrogen and oxygen atoms in total. The van der Waals surface area contributed by atoms with E-state index in [-0.39, 0.29) is 11.9 Å². The molecule has 0 saturated heterocycles. The van der Waals surface area contributed by atoms with Crippen LogP contribution in [0.15, 0.2) is 36.8 Å². The summed E-state index contributed by atoms with van der Waals surface area (Å²) in [4.78, 5) is 8.01. The van der Waals surface area contributed by atoms with Crippen molar-refractivity contribution in [3.63, 3.8) is 0 Å². The van der Waals surface area contributed by atoms with Crippen LogP contribution >= 0.6 is 0 Å². The molecule has 0 spiro atoms. The van der Waals surface area contributed by atoms with Gasteiger partial charge in [0.25, 0.3) is 0 Å². The lowest BCUT2D eigenvalue weighted by molar-refractivity contribution is 0.533. The van der Waals surface area contributed by atoms with E-state index in [0.717, 1.165) is 16.8 Å². The van der Waals surface area contributed by atoms with Crippen molar-refractivity contribution < 1.29 is 4.39 Å². The summed E-state index contributed by atoms with van der Waals surface area (Å²) in [7, 11) is 0. The Kier molecular flexibility index (Phi) is 3.96. The number of nitrogens with one attached hydrogen (secondary N) is 1. The van der Waals surface area contributed by atoms with Crippen molar-refractivity contribution in [2.45, 2.75) is 19.4 Å². The van der Waals surface area contributed by atoms with Crippen molar-refractivity contribution in [2.24, 2.45) is 5.84 Å². The Morgan fingerprint density at radius 1 is 1.39 bits per heavy atom. The van der Waals surface area contributed by atoms with Crippen molar-refractivity contribution in [2.75, 3.05) is 0 Å². The van der Waals surface area contributed by atoms with Crippen molar-refractivity contribution in [3.8, 4) is 0 Å². The summed E-state index contributed by atoms with van der Waals surface area (Å²) >= 11 is 0. The van der Waals surface area contributed by atoms with Crippen LogP contribution in [0.3, 0.4) is 0 Å². The Labute approximate surface area is 105 Å². The van der Waals surface area contributed by atoms with Crippen LogP contribution in [0, 0.1) is 12.7 Å². The number of hydrogen-bond acceptors (Lipinski definition) is 4. The van der Waals surface area contributed by atoms with Crippen molar-refractivity contribution >= 4 is 0 Å². The molecule has 1 aromatic heterocycles. The molecule has 3 N–H and O–H groups in total. The Hall–Kier alpha value is -1.85. The van der Waals surface area contributed by atoms with Gasteiger partial charge in [-0.3, -0.25) is 11.3 Å². The summed E-state index contributed by atoms with van der Waals surface area (Å²) in [6.45, 7) is 1.95. The van der Waals surface area contributed by atoms with Crippen LogP contribution in [0.2, 0.25) is 0 Å². The lowest BCUT2D eigenvalue weighted by atomic mass is 9.99. The van der Waals surface area contributed by atoms with Gasteiger partial charge in [-0.05, 0) is 42.7 Å². The minimum absolute atomic E-state index is 0.159. The number of nitrogens with two attached hydrogens (primary N) is 1. The van der Waals surface area contributed by atoms with E-state index >= 15 is 0 Å². The van der Waals surface area contributed by atoms with E-state index in [1.54, 1.807) is 18.3 Å². The Bertz CT molecular complexity index is 516. The quantitative estimate of drug-likeness (QED) is 0.636. The average molecular weight is 246 g/mol. The van der Waals surface area contributed by atoms with Crippen LogP contribution in [-0.2, 0) is 6.42 Å². The standard InChI is InChI=1S/C13H15FN4/c1-9-2-3-11(14)6-10(9)7-13(18-15)12-4-5-16-8-17-12/h2-6,8,13,18H,7,15H2,1H3. The summed E-state index contributed by atoms with van der Waals surface area (Å²) in [6, 6.07) is 6.38. The lowest BCUT2D eigenvalue weighted by Crippen LogP contribution is -2.30. The van der Waals surface area contributed by atoms with E-state index in [2.05, 4.69) is 15.4 Å². The van der Waals surface area contributed by atoms with Crippen molar-refractivity contribution in [1.82, 2.24) is 15.4 Å². The monoisotopic (exact) mass is 246 g/mol. The maximum atomic E-state index is 13.2. The minimum atomic E-state index is -0.242. The van der Waals surface area contributed by atoms with Crippen LogP contribution < -0.4 is 11.3 Å². The molecule has 0 bridgehead atoms. The van der Waals surface area contributed by atoms with Gasteiger partial charge in [-0.25, -0.2) is 14.4 Å². The van der Waals surface area contributed by atoms with Gasteiger partial charge in [0, 0.05) is 6.20 Å². The van der Waals surface area contributed by atoms with Crippen LogP contribution in [0.25, 0.3) is 0 Å². The van der Waals surface area contributed by atoms with Gasteiger partial charge < -0.3 is 0 Å². The smallest absolute Gasteiger partial charge is 0.123 e. The van der Waals surface area contributed by atoms with Gasteiger partial charge in [0.2, 0.25) is 0 Å². The van der Waals surface area contributed by atoms with Crippen molar-refractivity contribution in [1.29, 1.82) is 0 Å². The maximum Gasteiger partial charge on any atom is 0.123 e. The number of benzene rings is 1. The first-order valence-corrected chi connectivity index (χ1v) is 5.68. The highest BCUT2D eigenvalue weighted by atomic mass is 19.1. The number of nitrogens with zero attached hydrogens (tertiary/aromatic N) is 2. The Morgan fingerprint density at radius 3 is 2.89 bits per heavy atom. The predicted molar refractivity (Wildman–Crippen MR) is 66.9 cm³/mol. The summed E-state index contributed by atoms with van der Waals surface area (Å²) in [5.41, 5.74) is 5.44. The lowest BCUT2D eigenvalue weighted by Gasteiger charge is -2.16. The Morgan fingerprint density at radius 2 is 2.22 bits per heavy atom. The fourth-order valence-corrected chi connectivity index (χ4v) is 1.84. The molecule has 2 aromatic rings. The van der Waals surface area contributed by atoms with E-state index in [0.29, 0.717) is 6.42 Å². The van der Waals surface area contributed by atoms with E-state index in [1.807, 2.05) is 6.92 Å². The molecule has 1 atom stereocenters. The number of rotatable bonds is 4. The molecule has 94 valence electrons. The second-order valence-electron chi connectivity index (χ2n) is 4.13. The fraction of sp³-hybridized carbons (Fsp3) is 0.231. The predicted octanol–water partition coefficient (Wildman–Crippen LogP) is 1.67. The van der Waals surface area contributed by atoms with Crippen molar-refractivity contribution in [3.05, 3.63) is 59.4 Å². The average Bonchev–Trinajstić information content (AvgIpc) is 2.41. The second kappa shape index (κ2) is 5.66. The topological polar surface area (TPSA) is 63.8 Å². The molecule has 1 heterocycles. The van der Waals surface area contributed by atoms with Gasteiger partial charge in [-0.2, -0.15) is 0 Å². The van der Waals surface area contributed by atoms with Crippen LogP contribution in [-0.4, -0.2) is 9.97 Å². The summed E-state index contributed by atoms with van der Waals surface area (Å²) in [5.74, 6) is 5.29. The van der Waals surface area contributed by atoms with E-state index in [4.69, 9.17) is 5.84 Å². The SMILES string of the molecule is Cc1ccc(F)cc1CC(NN)c1ccncn1. The molecule has 18 heavy (non-hydrogen) atoms. The van der Waals surface area contributed by atoms with Gasteiger partial charge in [-0.15, -0.1) is 0 Å². The molecule has 2 rings (SSSR count). The minimum Gasteiger partial charge on any atom is -0.271 e. The first-order valence-electron chi connectivity index (χ1n) is 5.68. The van der Waals surface area contributed by atoms with Gasteiger partial charge in [0.15, 0.2) is 0 Å². The molecule has 0 aliphatic carbocycles. The molecule has 1 aromatic carbocycles. The zero-order chi connectivity index (χ0) is 13.0. The number of halogens is 1. The van der Waals surface area contributed by atoms with E-state index in [9.17, 15) is 4.39 Å². The van der Waals surface area contributed by atoms with Gasteiger partial charge >= 0.3 is 0 Å². The summed E-state index contributed by atoms with van der Waals surface area (Å²) in [5, 5.41) is 0.